The highest BCUT2D eigenvalue weighted by Crippen LogP contribution is 2.36. The van der Waals surface area contributed by atoms with Crippen molar-refractivity contribution in [2.24, 2.45) is 0 Å². The van der Waals surface area contributed by atoms with E-state index >= 15 is 0 Å². The van der Waals surface area contributed by atoms with E-state index in [0.29, 0.717) is 28.8 Å². The van der Waals surface area contributed by atoms with Gasteiger partial charge < -0.3 is 14.5 Å². The summed E-state index contributed by atoms with van der Waals surface area (Å²) in [6.45, 7) is 1.47. The predicted octanol–water partition coefficient (Wildman–Crippen LogP) is 4.85. The molecule has 1 saturated heterocycles. The molecule has 11 heteroatoms. The summed E-state index contributed by atoms with van der Waals surface area (Å²) in [5, 5.41) is 13.1. The number of imide groups is 1. The van der Waals surface area contributed by atoms with Crippen molar-refractivity contribution in [3.8, 4) is 17.1 Å². The fourth-order valence-corrected chi connectivity index (χ4v) is 4.22. The zero-order valence-electron chi connectivity index (χ0n) is 18.6. The normalized spacial score (nSPS) is 14.5. The van der Waals surface area contributed by atoms with Crippen molar-refractivity contribution in [1.29, 1.82) is 0 Å². The van der Waals surface area contributed by atoms with Crippen molar-refractivity contribution >= 4 is 46.3 Å². The Hall–Kier alpha value is -4.38. The number of nitrogens with one attached hydrogen (secondary N) is 1. The topological polar surface area (TPSA) is 132 Å². The van der Waals surface area contributed by atoms with E-state index in [-0.39, 0.29) is 22.1 Å². The number of rotatable bonds is 7. The van der Waals surface area contributed by atoms with E-state index in [0.717, 1.165) is 10.5 Å². The Bertz CT molecular complexity index is 1380. The van der Waals surface area contributed by atoms with Crippen molar-refractivity contribution in [2.45, 2.75) is 6.92 Å². The van der Waals surface area contributed by atoms with E-state index in [1.165, 1.54) is 31.4 Å². The molecule has 10 nitrogen and oxygen atoms in total. The molecular weight excluding hydrogens is 474 g/mol. The predicted molar refractivity (Wildman–Crippen MR) is 130 cm³/mol. The molecule has 35 heavy (non-hydrogen) atoms. The van der Waals surface area contributed by atoms with Crippen LogP contribution in [0.3, 0.4) is 0 Å². The molecular formula is C24H19N3O7S. The number of carbonyl (C=O) groups excluding carboxylic acids is 3. The average molecular weight is 493 g/mol. The molecule has 3 amide bonds. The lowest BCUT2D eigenvalue weighted by atomic mass is 10.1. The molecule has 0 radical (unpaired) electrons. The maximum absolute atomic E-state index is 12.8. The maximum Gasteiger partial charge on any atom is 0.294 e. The summed E-state index contributed by atoms with van der Waals surface area (Å²) in [6, 6.07) is 14.5. The lowest BCUT2D eigenvalue weighted by Crippen LogP contribution is -2.36. The minimum absolute atomic E-state index is 0.106. The van der Waals surface area contributed by atoms with Crippen LogP contribution < -0.4 is 10.1 Å². The minimum Gasteiger partial charge on any atom is -0.496 e. The van der Waals surface area contributed by atoms with Gasteiger partial charge in [-0.25, -0.2) is 0 Å². The summed E-state index contributed by atoms with van der Waals surface area (Å²) < 4.78 is 11.0. The summed E-state index contributed by atoms with van der Waals surface area (Å²) in [6.07, 6.45) is 1.41. The second kappa shape index (κ2) is 9.85. The molecule has 1 aromatic heterocycles. The van der Waals surface area contributed by atoms with Crippen molar-refractivity contribution < 1.29 is 28.5 Å². The Kier molecular flexibility index (Phi) is 6.69. The van der Waals surface area contributed by atoms with Crippen LogP contribution in [0.25, 0.3) is 17.4 Å². The molecule has 4 rings (SSSR count). The van der Waals surface area contributed by atoms with Gasteiger partial charge >= 0.3 is 0 Å². The van der Waals surface area contributed by atoms with Gasteiger partial charge in [0.1, 0.15) is 23.8 Å². The van der Waals surface area contributed by atoms with Crippen LogP contribution in [0.1, 0.15) is 11.3 Å². The Morgan fingerprint density at radius 1 is 1.20 bits per heavy atom. The van der Waals surface area contributed by atoms with Gasteiger partial charge in [-0.3, -0.25) is 29.4 Å². The number of benzene rings is 2. The largest absolute Gasteiger partial charge is 0.496 e. The van der Waals surface area contributed by atoms with Crippen molar-refractivity contribution in [2.75, 3.05) is 19.0 Å². The monoisotopic (exact) mass is 493 g/mol. The molecule has 1 aliphatic heterocycles. The Morgan fingerprint density at radius 3 is 2.71 bits per heavy atom. The number of carbonyl (C=O) groups is 3. The molecule has 0 unspecified atom stereocenters. The number of amides is 3. The smallest absolute Gasteiger partial charge is 0.294 e. The van der Waals surface area contributed by atoms with Gasteiger partial charge in [-0.05, 0) is 54.6 Å². The first kappa shape index (κ1) is 23.8. The van der Waals surface area contributed by atoms with E-state index in [2.05, 4.69) is 5.32 Å². The SMILES string of the molecule is COc1cc([N+](=O)[O-])ccc1-c1ccc(/C=C2/SC(=O)N(CC(=O)Nc3cccc(C)c3)C2=O)o1. The molecule has 3 aromatic rings. The van der Waals surface area contributed by atoms with Crippen molar-refractivity contribution in [3.63, 3.8) is 0 Å². The highest BCUT2D eigenvalue weighted by atomic mass is 32.2. The average Bonchev–Trinajstić information content (AvgIpc) is 3.38. The Morgan fingerprint density at radius 2 is 2.00 bits per heavy atom. The first-order valence-corrected chi connectivity index (χ1v) is 11.1. The van der Waals surface area contributed by atoms with Crippen LogP contribution in [0.2, 0.25) is 0 Å². The summed E-state index contributed by atoms with van der Waals surface area (Å²) in [7, 11) is 1.39. The third kappa shape index (κ3) is 5.25. The van der Waals surface area contributed by atoms with Crippen LogP contribution in [0.5, 0.6) is 5.75 Å². The molecule has 0 saturated carbocycles. The molecule has 0 atom stereocenters. The molecule has 0 bridgehead atoms. The Labute approximate surface area is 203 Å². The van der Waals surface area contributed by atoms with E-state index in [1.54, 1.807) is 30.3 Å². The van der Waals surface area contributed by atoms with Gasteiger partial charge in [0.25, 0.3) is 16.8 Å². The second-order valence-electron chi connectivity index (χ2n) is 7.53. The minimum atomic E-state index is -0.606. The van der Waals surface area contributed by atoms with Crippen LogP contribution in [0.4, 0.5) is 16.2 Å². The third-order valence-electron chi connectivity index (χ3n) is 5.04. The van der Waals surface area contributed by atoms with Gasteiger partial charge in [-0.15, -0.1) is 0 Å². The van der Waals surface area contributed by atoms with Gasteiger partial charge in [0.2, 0.25) is 5.91 Å². The number of anilines is 1. The van der Waals surface area contributed by atoms with Gasteiger partial charge in [0, 0.05) is 17.8 Å². The van der Waals surface area contributed by atoms with Crippen LogP contribution in [-0.2, 0) is 9.59 Å². The van der Waals surface area contributed by atoms with Gasteiger partial charge in [-0.1, -0.05) is 12.1 Å². The maximum atomic E-state index is 12.8. The Balaban J connectivity index is 1.48. The summed E-state index contributed by atoms with van der Waals surface area (Å²) >= 11 is 0.704. The number of non-ortho nitro benzene ring substituents is 1. The molecule has 178 valence electrons. The number of aryl methyl sites for hydroxylation is 1. The van der Waals surface area contributed by atoms with Gasteiger partial charge in [0.15, 0.2) is 0 Å². The van der Waals surface area contributed by atoms with Crippen LogP contribution in [-0.4, -0.2) is 40.5 Å². The van der Waals surface area contributed by atoms with Crippen molar-refractivity contribution in [1.82, 2.24) is 4.90 Å². The quantitative estimate of drug-likeness (QED) is 0.281. The molecule has 2 aromatic carbocycles. The van der Waals surface area contributed by atoms with Gasteiger partial charge in [0.05, 0.1) is 28.6 Å². The number of nitrogens with zero attached hydrogens (tertiary/aromatic N) is 2. The van der Waals surface area contributed by atoms with E-state index in [1.807, 2.05) is 13.0 Å². The van der Waals surface area contributed by atoms with Gasteiger partial charge in [-0.2, -0.15) is 0 Å². The first-order chi connectivity index (χ1) is 16.7. The number of methoxy groups -OCH3 is 1. The lowest BCUT2D eigenvalue weighted by Gasteiger charge is -2.12. The summed E-state index contributed by atoms with van der Waals surface area (Å²) in [4.78, 5) is 48.9. The number of ether oxygens (including phenoxy) is 1. The number of nitro benzene ring substituents is 1. The lowest BCUT2D eigenvalue weighted by molar-refractivity contribution is -0.384. The number of thioether (sulfide) groups is 1. The summed E-state index contributed by atoms with van der Waals surface area (Å²) in [5.41, 5.74) is 1.89. The highest BCUT2D eigenvalue weighted by Gasteiger charge is 2.36. The molecule has 0 spiro atoms. The number of furan rings is 1. The zero-order valence-corrected chi connectivity index (χ0v) is 19.5. The van der Waals surface area contributed by atoms with Crippen molar-refractivity contribution in [3.05, 3.63) is 80.9 Å². The van der Waals surface area contributed by atoms with E-state index < -0.39 is 28.5 Å². The molecule has 1 fully saturated rings. The van der Waals surface area contributed by atoms with E-state index in [4.69, 9.17) is 9.15 Å². The molecule has 1 N–H and O–H groups in total. The zero-order chi connectivity index (χ0) is 25.1. The second-order valence-corrected chi connectivity index (χ2v) is 8.52. The standard InChI is InChI=1S/C24H19N3O7S/c1-14-4-3-5-15(10-14)25-22(28)13-26-23(29)21(35-24(26)30)12-17-7-9-19(34-17)18-8-6-16(27(31)32)11-20(18)33-2/h3-12H,13H2,1-2H3,(H,25,28)/b21-12+. The van der Waals surface area contributed by atoms with Crippen LogP contribution >= 0.6 is 11.8 Å². The van der Waals surface area contributed by atoms with Crippen LogP contribution in [0, 0.1) is 17.0 Å². The molecule has 1 aliphatic rings. The first-order valence-electron chi connectivity index (χ1n) is 10.3. The number of hydrogen-bond donors (Lipinski definition) is 1. The van der Waals surface area contributed by atoms with Crippen LogP contribution in [0.15, 0.2) is 63.9 Å². The molecule has 2 heterocycles. The molecule has 0 aliphatic carbocycles. The number of hydrogen-bond acceptors (Lipinski definition) is 8. The third-order valence-corrected chi connectivity index (χ3v) is 5.95. The number of nitro groups is 1. The highest BCUT2D eigenvalue weighted by molar-refractivity contribution is 8.18. The fourth-order valence-electron chi connectivity index (χ4n) is 3.40. The summed E-state index contributed by atoms with van der Waals surface area (Å²) in [5.74, 6) is -0.204. The fraction of sp³-hybridized carbons (Fsp3) is 0.125. The van der Waals surface area contributed by atoms with E-state index in [9.17, 15) is 24.5 Å².